The highest BCUT2D eigenvalue weighted by atomic mass is 79.9. The van der Waals surface area contributed by atoms with E-state index < -0.39 is 0 Å². The molecule has 0 saturated heterocycles. The Morgan fingerprint density at radius 2 is 2.00 bits per heavy atom. The van der Waals surface area contributed by atoms with Gasteiger partial charge in [-0.25, -0.2) is 9.97 Å². The first-order chi connectivity index (χ1) is 9.15. The van der Waals surface area contributed by atoms with Gasteiger partial charge in [0.05, 0.1) is 10.2 Å². The molecule has 19 heavy (non-hydrogen) atoms. The maximum absolute atomic E-state index is 6.17. The normalized spacial score (nSPS) is 10.5. The standard InChI is InChI=1S/C14H15BrClN3/c1-3-11-13(15)14(17-2)19-12(18-11)8-9-6-4-5-7-10(9)16/h4-7H,3,8H2,1-2H3,(H,17,18,19). The van der Waals surface area contributed by atoms with Crippen LogP contribution < -0.4 is 5.32 Å². The lowest BCUT2D eigenvalue weighted by molar-refractivity contribution is 0.898. The largest absolute Gasteiger partial charge is 0.372 e. The van der Waals surface area contributed by atoms with E-state index in [-0.39, 0.29) is 0 Å². The van der Waals surface area contributed by atoms with Gasteiger partial charge in [-0.05, 0) is 34.0 Å². The van der Waals surface area contributed by atoms with Crippen LogP contribution in [0, 0.1) is 0 Å². The van der Waals surface area contributed by atoms with Gasteiger partial charge >= 0.3 is 0 Å². The van der Waals surface area contributed by atoms with Gasteiger partial charge in [0.25, 0.3) is 0 Å². The smallest absolute Gasteiger partial charge is 0.144 e. The molecule has 0 unspecified atom stereocenters. The van der Waals surface area contributed by atoms with Crippen LogP contribution in [0.2, 0.25) is 5.02 Å². The number of rotatable bonds is 4. The number of nitrogens with zero attached hydrogens (tertiary/aromatic N) is 2. The van der Waals surface area contributed by atoms with Gasteiger partial charge in [-0.15, -0.1) is 0 Å². The molecule has 0 spiro atoms. The predicted molar refractivity (Wildman–Crippen MR) is 82.9 cm³/mol. The zero-order valence-corrected chi connectivity index (χ0v) is 13.2. The van der Waals surface area contributed by atoms with Crippen LogP contribution in [0.4, 0.5) is 5.82 Å². The van der Waals surface area contributed by atoms with Gasteiger partial charge in [-0.1, -0.05) is 36.7 Å². The van der Waals surface area contributed by atoms with Crippen molar-refractivity contribution in [3.05, 3.63) is 50.8 Å². The Morgan fingerprint density at radius 3 is 2.63 bits per heavy atom. The highest BCUT2D eigenvalue weighted by molar-refractivity contribution is 9.10. The molecule has 2 aromatic rings. The van der Waals surface area contributed by atoms with E-state index >= 15 is 0 Å². The lowest BCUT2D eigenvalue weighted by Gasteiger charge is -2.10. The average Bonchev–Trinajstić information content (AvgIpc) is 2.43. The van der Waals surface area contributed by atoms with E-state index in [1.807, 2.05) is 31.3 Å². The molecule has 0 saturated carbocycles. The van der Waals surface area contributed by atoms with E-state index in [1.54, 1.807) is 0 Å². The number of benzene rings is 1. The summed E-state index contributed by atoms with van der Waals surface area (Å²) in [6, 6.07) is 7.78. The number of aryl methyl sites for hydroxylation is 1. The Hall–Kier alpha value is -1.13. The summed E-state index contributed by atoms with van der Waals surface area (Å²) in [4.78, 5) is 9.09. The summed E-state index contributed by atoms with van der Waals surface area (Å²) < 4.78 is 0.931. The van der Waals surface area contributed by atoms with Crippen molar-refractivity contribution in [3.8, 4) is 0 Å². The third-order valence-electron chi connectivity index (χ3n) is 2.84. The van der Waals surface area contributed by atoms with Crippen LogP contribution in [0.3, 0.4) is 0 Å². The Labute approximate surface area is 126 Å². The van der Waals surface area contributed by atoms with Crippen LogP contribution in [-0.2, 0) is 12.8 Å². The summed E-state index contributed by atoms with van der Waals surface area (Å²) in [5.41, 5.74) is 2.04. The Kier molecular flexibility index (Phi) is 4.77. The monoisotopic (exact) mass is 339 g/mol. The molecule has 0 aliphatic heterocycles. The molecule has 0 amide bonds. The molecule has 3 nitrogen and oxygen atoms in total. The molecule has 0 radical (unpaired) electrons. The molecule has 5 heteroatoms. The minimum atomic E-state index is 0.634. The molecule has 1 N–H and O–H groups in total. The SMILES string of the molecule is CCc1nc(Cc2ccccc2Cl)nc(NC)c1Br. The van der Waals surface area contributed by atoms with Crippen molar-refractivity contribution in [1.82, 2.24) is 9.97 Å². The quantitative estimate of drug-likeness (QED) is 0.911. The van der Waals surface area contributed by atoms with Crippen LogP contribution in [0.5, 0.6) is 0 Å². The van der Waals surface area contributed by atoms with E-state index in [9.17, 15) is 0 Å². The first-order valence-electron chi connectivity index (χ1n) is 6.12. The number of nitrogens with one attached hydrogen (secondary N) is 1. The van der Waals surface area contributed by atoms with Crippen molar-refractivity contribution in [1.29, 1.82) is 0 Å². The van der Waals surface area contributed by atoms with Crippen molar-refractivity contribution < 1.29 is 0 Å². The maximum Gasteiger partial charge on any atom is 0.144 e. The summed E-state index contributed by atoms with van der Waals surface area (Å²) in [7, 11) is 1.85. The molecule has 2 rings (SSSR count). The minimum Gasteiger partial charge on any atom is -0.372 e. The van der Waals surface area contributed by atoms with E-state index in [4.69, 9.17) is 11.6 Å². The summed E-state index contributed by atoms with van der Waals surface area (Å²) in [6.45, 7) is 2.08. The number of aromatic nitrogens is 2. The minimum absolute atomic E-state index is 0.634. The van der Waals surface area contributed by atoms with Crippen molar-refractivity contribution in [3.63, 3.8) is 0 Å². The summed E-state index contributed by atoms with van der Waals surface area (Å²) >= 11 is 9.69. The molecule has 100 valence electrons. The molecule has 0 aliphatic rings. The molecule has 0 fully saturated rings. The molecule has 0 atom stereocenters. The summed E-state index contributed by atoms with van der Waals surface area (Å²) in [6.07, 6.45) is 1.49. The highest BCUT2D eigenvalue weighted by Gasteiger charge is 2.11. The van der Waals surface area contributed by atoms with Crippen molar-refractivity contribution >= 4 is 33.3 Å². The van der Waals surface area contributed by atoms with Gasteiger partial charge in [-0.2, -0.15) is 0 Å². The van der Waals surface area contributed by atoms with Crippen molar-refractivity contribution in [2.45, 2.75) is 19.8 Å². The Balaban J connectivity index is 2.38. The molecular formula is C14H15BrClN3. The fourth-order valence-electron chi connectivity index (χ4n) is 1.84. The molecule has 0 bridgehead atoms. The second-order valence-electron chi connectivity index (χ2n) is 4.12. The summed E-state index contributed by atoms with van der Waals surface area (Å²) in [5.74, 6) is 1.59. The Morgan fingerprint density at radius 1 is 1.26 bits per heavy atom. The molecular weight excluding hydrogens is 326 g/mol. The van der Waals surface area contributed by atoms with Crippen LogP contribution in [0.15, 0.2) is 28.7 Å². The first-order valence-corrected chi connectivity index (χ1v) is 7.29. The van der Waals surface area contributed by atoms with E-state index in [0.717, 1.165) is 38.8 Å². The molecule has 0 aliphatic carbocycles. The highest BCUT2D eigenvalue weighted by Crippen LogP contribution is 2.25. The van der Waals surface area contributed by atoms with Crippen LogP contribution in [-0.4, -0.2) is 17.0 Å². The third kappa shape index (κ3) is 3.25. The first kappa shape index (κ1) is 14.3. The van der Waals surface area contributed by atoms with Gasteiger partial charge < -0.3 is 5.32 Å². The lowest BCUT2D eigenvalue weighted by Crippen LogP contribution is -2.06. The second-order valence-corrected chi connectivity index (χ2v) is 5.32. The van der Waals surface area contributed by atoms with Crippen molar-refractivity contribution in [2.75, 3.05) is 12.4 Å². The Bertz CT molecular complexity index is 562. The number of hydrogen-bond acceptors (Lipinski definition) is 3. The zero-order chi connectivity index (χ0) is 13.8. The van der Waals surface area contributed by atoms with Crippen LogP contribution in [0.1, 0.15) is 24.0 Å². The van der Waals surface area contributed by atoms with E-state index in [1.165, 1.54) is 0 Å². The molecule has 1 aromatic carbocycles. The second kappa shape index (κ2) is 6.35. The van der Waals surface area contributed by atoms with Gasteiger partial charge in [0.15, 0.2) is 0 Å². The van der Waals surface area contributed by atoms with Gasteiger partial charge in [0, 0.05) is 18.5 Å². The molecule has 1 heterocycles. The zero-order valence-electron chi connectivity index (χ0n) is 10.9. The van der Waals surface area contributed by atoms with Gasteiger partial charge in [0.2, 0.25) is 0 Å². The fraction of sp³-hybridized carbons (Fsp3) is 0.286. The number of hydrogen-bond donors (Lipinski definition) is 1. The maximum atomic E-state index is 6.17. The number of anilines is 1. The topological polar surface area (TPSA) is 37.8 Å². The van der Waals surface area contributed by atoms with E-state index in [2.05, 4.69) is 38.1 Å². The number of halogens is 2. The lowest BCUT2D eigenvalue weighted by atomic mass is 10.1. The predicted octanol–water partition coefficient (Wildman–Crippen LogP) is 4.09. The fourth-order valence-corrected chi connectivity index (χ4v) is 2.69. The van der Waals surface area contributed by atoms with Crippen LogP contribution in [0.25, 0.3) is 0 Å². The third-order valence-corrected chi connectivity index (χ3v) is 4.05. The molecule has 1 aromatic heterocycles. The van der Waals surface area contributed by atoms with E-state index in [0.29, 0.717) is 6.42 Å². The van der Waals surface area contributed by atoms with Gasteiger partial charge in [-0.3, -0.25) is 0 Å². The average molecular weight is 341 g/mol. The van der Waals surface area contributed by atoms with Gasteiger partial charge in [0.1, 0.15) is 11.6 Å². The van der Waals surface area contributed by atoms with Crippen molar-refractivity contribution in [2.24, 2.45) is 0 Å². The van der Waals surface area contributed by atoms with Crippen LogP contribution >= 0.6 is 27.5 Å². The summed E-state index contributed by atoms with van der Waals surface area (Å²) in [5, 5.41) is 3.83.